The van der Waals surface area contributed by atoms with Crippen molar-refractivity contribution in [3.8, 4) is 0 Å². The van der Waals surface area contributed by atoms with Gasteiger partial charge in [0, 0.05) is 29.2 Å². The fourth-order valence-corrected chi connectivity index (χ4v) is 3.30. The molecule has 1 aliphatic heterocycles. The largest absolute Gasteiger partial charge is 0.342 e. The van der Waals surface area contributed by atoms with Gasteiger partial charge in [-0.15, -0.1) is 11.3 Å². The highest BCUT2D eigenvalue weighted by Gasteiger charge is 2.19. The molecule has 24 heavy (non-hydrogen) atoms. The maximum absolute atomic E-state index is 12.1. The van der Waals surface area contributed by atoms with E-state index in [1.165, 1.54) is 11.3 Å². The Morgan fingerprint density at radius 3 is 2.58 bits per heavy atom. The Balaban J connectivity index is 1.52. The van der Waals surface area contributed by atoms with E-state index in [9.17, 15) is 9.59 Å². The summed E-state index contributed by atoms with van der Waals surface area (Å²) in [6.07, 6.45) is 2.41. The van der Waals surface area contributed by atoms with Gasteiger partial charge in [-0.1, -0.05) is 11.6 Å². The van der Waals surface area contributed by atoms with Crippen molar-refractivity contribution in [3.63, 3.8) is 0 Å². The van der Waals surface area contributed by atoms with Gasteiger partial charge in [0.05, 0.1) is 12.1 Å². The minimum atomic E-state index is -0.385. The first-order chi connectivity index (χ1) is 11.6. The van der Waals surface area contributed by atoms with Gasteiger partial charge >= 0.3 is 6.03 Å². The zero-order valence-electron chi connectivity index (χ0n) is 12.9. The molecule has 3 rings (SSSR count). The lowest BCUT2D eigenvalue weighted by Gasteiger charge is -2.13. The topological polar surface area (TPSA) is 74.3 Å². The highest BCUT2D eigenvalue weighted by molar-refractivity contribution is 7.14. The lowest BCUT2D eigenvalue weighted by atomic mass is 10.3. The molecule has 1 aromatic carbocycles. The predicted molar refractivity (Wildman–Crippen MR) is 95.7 cm³/mol. The highest BCUT2D eigenvalue weighted by atomic mass is 35.5. The second-order valence-electron chi connectivity index (χ2n) is 5.49. The van der Waals surface area contributed by atoms with Crippen LogP contribution in [0.25, 0.3) is 0 Å². The minimum Gasteiger partial charge on any atom is -0.342 e. The Morgan fingerprint density at radius 2 is 1.88 bits per heavy atom. The molecule has 1 fully saturated rings. The average Bonchev–Trinajstić information content (AvgIpc) is 3.21. The van der Waals surface area contributed by atoms with E-state index in [2.05, 4.69) is 15.6 Å². The van der Waals surface area contributed by atoms with Crippen LogP contribution in [0, 0.1) is 0 Å². The fraction of sp³-hybridized carbons (Fsp3) is 0.312. The Bertz CT molecular complexity index is 726. The maximum atomic E-state index is 12.1. The Labute approximate surface area is 148 Å². The van der Waals surface area contributed by atoms with E-state index in [0.717, 1.165) is 25.9 Å². The van der Waals surface area contributed by atoms with Gasteiger partial charge in [0.15, 0.2) is 5.13 Å². The van der Waals surface area contributed by atoms with Crippen LogP contribution in [0.15, 0.2) is 29.6 Å². The van der Waals surface area contributed by atoms with E-state index in [0.29, 0.717) is 21.5 Å². The number of thiazole rings is 1. The van der Waals surface area contributed by atoms with E-state index >= 15 is 0 Å². The number of rotatable bonds is 4. The van der Waals surface area contributed by atoms with Crippen LogP contribution in [0.3, 0.4) is 0 Å². The number of benzene rings is 1. The number of nitrogens with one attached hydrogen (secondary N) is 2. The summed E-state index contributed by atoms with van der Waals surface area (Å²) >= 11 is 7.10. The molecule has 126 valence electrons. The molecular formula is C16H17ClN4O2S. The molecule has 2 heterocycles. The fourth-order valence-electron chi connectivity index (χ4n) is 2.47. The van der Waals surface area contributed by atoms with Crippen molar-refractivity contribution in [2.75, 3.05) is 23.7 Å². The van der Waals surface area contributed by atoms with Gasteiger partial charge in [-0.05, 0) is 37.1 Å². The SMILES string of the molecule is O=C(Nc1ccc(Cl)cc1)Nc1nc(CC(=O)N2CCCC2)cs1. The van der Waals surface area contributed by atoms with E-state index in [1.54, 1.807) is 29.6 Å². The Morgan fingerprint density at radius 1 is 1.17 bits per heavy atom. The van der Waals surface area contributed by atoms with Crippen LogP contribution >= 0.6 is 22.9 Å². The van der Waals surface area contributed by atoms with Crippen molar-refractivity contribution in [3.05, 3.63) is 40.4 Å². The number of anilines is 2. The number of nitrogens with zero attached hydrogens (tertiary/aromatic N) is 2. The summed E-state index contributed by atoms with van der Waals surface area (Å²) in [4.78, 5) is 30.2. The standard InChI is InChI=1S/C16H17ClN4O2S/c17-11-3-5-12(6-4-11)18-15(23)20-16-19-13(10-24-16)9-14(22)21-7-1-2-8-21/h3-6,10H,1-2,7-9H2,(H2,18,19,20,23). The summed E-state index contributed by atoms with van der Waals surface area (Å²) in [5, 5.41) is 8.23. The second kappa shape index (κ2) is 7.63. The molecule has 1 aliphatic rings. The van der Waals surface area contributed by atoms with Crippen molar-refractivity contribution >= 4 is 45.7 Å². The lowest BCUT2D eigenvalue weighted by Crippen LogP contribution is -2.29. The molecule has 0 atom stereocenters. The highest BCUT2D eigenvalue weighted by Crippen LogP contribution is 2.18. The van der Waals surface area contributed by atoms with Crippen molar-refractivity contribution in [2.45, 2.75) is 19.3 Å². The number of urea groups is 1. The third kappa shape index (κ3) is 4.46. The molecule has 0 unspecified atom stereocenters. The summed E-state index contributed by atoms with van der Waals surface area (Å²) in [5.41, 5.74) is 1.32. The number of carbonyl (C=O) groups is 2. The van der Waals surface area contributed by atoms with E-state index in [-0.39, 0.29) is 18.4 Å². The van der Waals surface area contributed by atoms with Crippen molar-refractivity contribution < 1.29 is 9.59 Å². The second-order valence-corrected chi connectivity index (χ2v) is 6.79. The molecule has 3 amide bonds. The number of carbonyl (C=O) groups excluding carboxylic acids is 2. The van der Waals surface area contributed by atoms with E-state index < -0.39 is 0 Å². The van der Waals surface area contributed by atoms with Crippen molar-refractivity contribution in [1.29, 1.82) is 0 Å². The van der Waals surface area contributed by atoms with Gasteiger partial charge in [0.1, 0.15) is 0 Å². The number of aromatic nitrogens is 1. The molecule has 0 bridgehead atoms. The predicted octanol–water partition coefficient (Wildman–Crippen LogP) is 3.61. The molecule has 2 N–H and O–H groups in total. The zero-order valence-corrected chi connectivity index (χ0v) is 14.5. The van der Waals surface area contributed by atoms with Crippen molar-refractivity contribution in [2.24, 2.45) is 0 Å². The summed E-state index contributed by atoms with van der Waals surface area (Å²) < 4.78 is 0. The first-order valence-corrected chi connectivity index (χ1v) is 8.92. The monoisotopic (exact) mass is 364 g/mol. The van der Waals surface area contributed by atoms with Crippen LogP contribution in [0.1, 0.15) is 18.5 Å². The molecule has 6 nitrogen and oxygen atoms in total. The molecule has 1 aromatic heterocycles. The van der Waals surface area contributed by atoms with Gasteiger partial charge in [-0.2, -0.15) is 0 Å². The Kier molecular flexibility index (Phi) is 5.32. The quantitative estimate of drug-likeness (QED) is 0.870. The van der Waals surface area contributed by atoms with Crippen LogP contribution in [0.4, 0.5) is 15.6 Å². The van der Waals surface area contributed by atoms with Crippen LogP contribution in [-0.2, 0) is 11.2 Å². The van der Waals surface area contributed by atoms with Crippen LogP contribution in [0.5, 0.6) is 0 Å². The van der Waals surface area contributed by atoms with Crippen molar-refractivity contribution in [1.82, 2.24) is 9.88 Å². The van der Waals surface area contributed by atoms with Gasteiger partial charge in [-0.3, -0.25) is 10.1 Å². The van der Waals surface area contributed by atoms with E-state index in [4.69, 9.17) is 11.6 Å². The number of halogens is 1. The summed E-state index contributed by atoms with van der Waals surface area (Å²) in [6, 6.07) is 6.43. The summed E-state index contributed by atoms with van der Waals surface area (Å²) in [6.45, 7) is 1.66. The molecule has 0 spiro atoms. The van der Waals surface area contributed by atoms with Crippen LogP contribution in [-0.4, -0.2) is 34.9 Å². The molecule has 0 radical (unpaired) electrons. The van der Waals surface area contributed by atoms with Crippen LogP contribution in [0.2, 0.25) is 5.02 Å². The average molecular weight is 365 g/mol. The third-order valence-electron chi connectivity index (χ3n) is 3.67. The number of amides is 3. The first kappa shape index (κ1) is 16.7. The molecule has 1 saturated heterocycles. The minimum absolute atomic E-state index is 0.0926. The number of likely N-dealkylation sites (tertiary alicyclic amines) is 1. The molecule has 8 heteroatoms. The third-order valence-corrected chi connectivity index (χ3v) is 4.72. The Hall–Kier alpha value is -2.12. The number of hydrogen-bond donors (Lipinski definition) is 2. The number of hydrogen-bond acceptors (Lipinski definition) is 4. The zero-order chi connectivity index (χ0) is 16.9. The molecule has 0 saturated carbocycles. The van der Waals surface area contributed by atoms with Gasteiger partial charge in [-0.25, -0.2) is 9.78 Å². The summed E-state index contributed by atoms with van der Waals surface area (Å²) in [5.74, 6) is 0.0926. The van der Waals surface area contributed by atoms with Gasteiger partial charge in [0.25, 0.3) is 0 Å². The lowest BCUT2D eigenvalue weighted by molar-refractivity contribution is -0.129. The van der Waals surface area contributed by atoms with Crippen LogP contribution < -0.4 is 10.6 Å². The smallest absolute Gasteiger partial charge is 0.325 e. The molecular weight excluding hydrogens is 348 g/mol. The molecule has 2 aromatic rings. The van der Waals surface area contributed by atoms with Gasteiger partial charge < -0.3 is 10.2 Å². The van der Waals surface area contributed by atoms with E-state index in [1.807, 2.05) is 4.90 Å². The first-order valence-electron chi connectivity index (χ1n) is 7.66. The molecule has 0 aliphatic carbocycles. The van der Waals surface area contributed by atoms with Gasteiger partial charge in [0.2, 0.25) is 5.91 Å². The maximum Gasteiger partial charge on any atom is 0.325 e. The summed E-state index contributed by atoms with van der Waals surface area (Å²) in [7, 11) is 0. The normalized spacial score (nSPS) is 13.8.